The van der Waals surface area contributed by atoms with Crippen LogP contribution >= 0.6 is 0 Å². The maximum Gasteiger partial charge on any atom is 0.126 e. The highest BCUT2D eigenvalue weighted by molar-refractivity contribution is 5.41. The summed E-state index contributed by atoms with van der Waals surface area (Å²) in [5.74, 6) is 2.08. The van der Waals surface area contributed by atoms with Crippen LogP contribution in [0.15, 0.2) is 18.2 Å². The molecule has 2 N–H and O–H groups in total. The third kappa shape index (κ3) is 5.81. The number of nitrogens with one attached hydrogen (secondary N) is 1. The molecule has 1 aromatic carbocycles. The van der Waals surface area contributed by atoms with Gasteiger partial charge in [0, 0.05) is 30.2 Å². The highest BCUT2D eigenvalue weighted by atomic mass is 16.5. The minimum absolute atomic E-state index is 0.0811. The van der Waals surface area contributed by atoms with Crippen molar-refractivity contribution in [3.63, 3.8) is 0 Å². The molecule has 0 saturated heterocycles. The number of aliphatic hydroxyl groups is 1. The van der Waals surface area contributed by atoms with Gasteiger partial charge in [-0.15, -0.1) is 0 Å². The van der Waals surface area contributed by atoms with E-state index < -0.39 is 0 Å². The third-order valence-corrected chi connectivity index (χ3v) is 3.40. The molecule has 0 saturated carbocycles. The van der Waals surface area contributed by atoms with E-state index in [0.717, 1.165) is 13.0 Å². The number of rotatable bonds is 10. The monoisotopic (exact) mass is 297 g/mol. The second kappa shape index (κ2) is 8.74. The maximum atomic E-state index is 9.52. The summed E-state index contributed by atoms with van der Waals surface area (Å²) in [6.07, 6.45) is 1.74. The van der Waals surface area contributed by atoms with Crippen LogP contribution in [-0.4, -0.2) is 44.6 Å². The summed E-state index contributed by atoms with van der Waals surface area (Å²) >= 11 is 0. The van der Waals surface area contributed by atoms with Gasteiger partial charge in [-0.3, -0.25) is 0 Å². The molecule has 21 heavy (non-hydrogen) atoms. The Hall–Kier alpha value is -1.46. The predicted molar refractivity (Wildman–Crippen MR) is 83.4 cm³/mol. The topological polar surface area (TPSA) is 60.0 Å². The van der Waals surface area contributed by atoms with Gasteiger partial charge in [0.25, 0.3) is 0 Å². The predicted octanol–water partition coefficient (Wildman–Crippen LogP) is 2.22. The van der Waals surface area contributed by atoms with Crippen LogP contribution in [0.1, 0.15) is 26.7 Å². The van der Waals surface area contributed by atoms with E-state index in [1.165, 1.54) is 0 Å². The molecule has 0 spiro atoms. The zero-order valence-electron chi connectivity index (χ0n) is 13.4. The Morgan fingerprint density at radius 2 is 1.67 bits per heavy atom. The average Bonchev–Trinajstić information content (AvgIpc) is 2.52. The van der Waals surface area contributed by atoms with E-state index in [-0.39, 0.29) is 12.1 Å². The zero-order chi connectivity index (χ0) is 15.7. The molecule has 0 aliphatic carbocycles. The number of hydrogen-bond donors (Lipinski definition) is 2. The number of aliphatic hydroxyl groups excluding tert-OH is 1. The number of ether oxygens (including phenoxy) is 3. The third-order valence-electron chi connectivity index (χ3n) is 3.40. The van der Waals surface area contributed by atoms with E-state index in [1.54, 1.807) is 20.3 Å². The Labute approximate surface area is 127 Å². The van der Waals surface area contributed by atoms with Crippen molar-refractivity contribution in [1.82, 2.24) is 5.32 Å². The fourth-order valence-corrected chi connectivity index (χ4v) is 1.91. The van der Waals surface area contributed by atoms with Crippen molar-refractivity contribution in [1.29, 1.82) is 0 Å². The molecular weight excluding hydrogens is 270 g/mol. The lowest BCUT2D eigenvalue weighted by Gasteiger charge is -2.28. The van der Waals surface area contributed by atoms with Crippen molar-refractivity contribution in [3.8, 4) is 17.2 Å². The number of benzene rings is 1. The van der Waals surface area contributed by atoms with Crippen molar-refractivity contribution in [3.05, 3.63) is 18.2 Å². The molecule has 0 fully saturated rings. The summed E-state index contributed by atoms with van der Waals surface area (Å²) in [6.45, 7) is 5.56. The fraction of sp³-hybridized carbons (Fsp3) is 0.625. The van der Waals surface area contributed by atoms with E-state index in [1.807, 2.05) is 19.1 Å². The molecule has 0 aliphatic rings. The smallest absolute Gasteiger partial charge is 0.126 e. The van der Waals surface area contributed by atoms with Crippen molar-refractivity contribution in [2.24, 2.45) is 0 Å². The molecule has 0 bridgehead atoms. The second-order valence-corrected chi connectivity index (χ2v) is 5.29. The van der Waals surface area contributed by atoms with Gasteiger partial charge >= 0.3 is 0 Å². The van der Waals surface area contributed by atoms with Crippen molar-refractivity contribution < 1.29 is 19.3 Å². The first-order chi connectivity index (χ1) is 10.1. The first-order valence-corrected chi connectivity index (χ1v) is 7.28. The van der Waals surface area contributed by atoms with Crippen LogP contribution in [0, 0.1) is 0 Å². The van der Waals surface area contributed by atoms with Crippen LogP contribution < -0.4 is 19.5 Å². The first kappa shape index (κ1) is 17.6. The molecule has 0 aromatic heterocycles. The summed E-state index contributed by atoms with van der Waals surface area (Å²) in [6, 6.07) is 5.43. The van der Waals surface area contributed by atoms with Crippen molar-refractivity contribution >= 4 is 0 Å². The Morgan fingerprint density at radius 1 is 1.10 bits per heavy atom. The standard InChI is InChI=1S/C16H27NO4/c1-5-7-17-16(2,12-18)6-8-21-15-10-13(19-3)9-14(11-15)20-4/h9-11,17-18H,5-8,12H2,1-4H3. The molecule has 0 aliphatic heterocycles. The zero-order valence-corrected chi connectivity index (χ0v) is 13.4. The van der Waals surface area contributed by atoms with Crippen LogP contribution in [0.25, 0.3) is 0 Å². The van der Waals surface area contributed by atoms with Crippen LogP contribution in [0.5, 0.6) is 17.2 Å². The molecule has 0 radical (unpaired) electrons. The van der Waals surface area contributed by atoms with Crippen molar-refractivity contribution in [2.75, 3.05) is 34.0 Å². The molecule has 120 valence electrons. The van der Waals surface area contributed by atoms with Gasteiger partial charge in [-0.25, -0.2) is 0 Å². The lowest BCUT2D eigenvalue weighted by Crippen LogP contribution is -2.47. The van der Waals surface area contributed by atoms with E-state index in [9.17, 15) is 5.11 Å². The quantitative estimate of drug-likeness (QED) is 0.693. The van der Waals surface area contributed by atoms with Gasteiger partial charge in [-0.1, -0.05) is 6.92 Å². The van der Waals surface area contributed by atoms with Crippen LogP contribution in [0.3, 0.4) is 0 Å². The minimum Gasteiger partial charge on any atom is -0.496 e. The number of methoxy groups -OCH3 is 2. The number of hydrogen-bond acceptors (Lipinski definition) is 5. The van der Waals surface area contributed by atoms with Gasteiger partial charge < -0.3 is 24.6 Å². The van der Waals surface area contributed by atoms with Crippen molar-refractivity contribution in [2.45, 2.75) is 32.2 Å². The molecule has 0 amide bonds. The second-order valence-electron chi connectivity index (χ2n) is 5.29. The SMILES string of the molecule is CCCNC(C)(CO)CCOc1cc(OC)cc(OC)c1. The van der Waals surface area contributed by atoms with Gasteiger partial charge in [0.05, 0.1) is 27.4 Å². The van der Waals surface area contributed by atoms with Gasteiger partial charge in [0.1, 0.15) is 17.2 Å². The molecule has 1 unspecified atom stereocenters. The summed E-state index contributed by atoms with van der Waals surface area (Å²) in [5, 5.41) is 12.9. The van der Waals surface area contributed by atoms with Crippen LogP contribution in [0.2, 0.25) is 0 Å². The van der Waals surface area contributed by atoms with E-state index in [2.05, 4.69) is 12.2 Å². The largest absolute Gasteiger partial charge is 0.496 e. The molecule has 5 nitrogen and oxygen atoms in total. The molecule has 1 atom stereocenters. The molecule has 0 heterocycles. The highest BCUT2D eigenvalue weighted by Gasteiger charge is 2.22. The minimum atomic E-state index is -0.320. The molecule has 1 aromatic rings. The maximum absolute atomic E-state index is 9.52. The summed E-state index contributed by atoms with van der Waals surface area (Å²) < 4.78 is 16.2. The Bertz CT molecular complexity index is 402. The summed E-state index contributed by atoms with van der Waals surface area (Å²) in [7, 11) is 3.21. The Morgan fingerprint density at radius 3 is 2.14 bits per heavy atom. The average molecular weight is 297 g/mol. The molecular formula is C16H27NO4. The first-order valence-electron chi connectivity index (χ1n) is 7.28. The van der Waals surface area contributed by atoms with Gasteiger partial charge in [-0.2, -0.15) is 0 Å². The van der Waals surface area contributed by atoms with E-state index in [4.69, 9.17) is 14.2 Å². The fourth-order valence-electron chi connectivity index (χ4n) is 1.91. The van der Waals surface area contributed by atoms with Gasteiger partial charge in [0.2, 0.25) is 0 Å². The van der Waals surface area contributed by atoms with Gasteiger partial charge in [0.15, 0.2) is 0 Å². The summed E-state index contributed by atoms with van der Waals surface area (Å²) in [4.78, 5) is 0. The van der Waals surface area contributed by atoms with E-state index in [0.29, 0.717) is 30.3 Å². The molecule has 1 rings (SSSR count). The lowest BCUT2D eigenvalue weighted by molar-refractivity contribution is 0.144. The summed E-state index contributed by atoms with van der Waals surface area (Å²) in [5.41, 5.74) is -0.320. The van der Waals surface area contributed by atoms with Crippen LogP contribution in [0.4, 0.5) is 0 Å². The van der Waals surface area contributed by atoms with Gasteiger partial charge in [-0.05, 0) is 19.9 Å². The normalized spacial score (nSPS) is 13.6. The Kier molecular flexibility index (Phi) is 7.32. The van der Waals surface area contributed by atoms with E-state index >= 15 is 0 Å². The Balaban J connectivity index is 2.58. The molecule has 5 heteroatoms. The van der Waals surface area contributed by atoms with Crippen LogP contribution in [-0.2, 0) is 0 Å². The highest BCUT2D eigenvalue weighted by Crippen LogP contribution is 2.27. The lowest BCUT2D eigenvalue weighted by atomic mass is 9.99.